The third-order valence-electron chi connectivity index (χ3n) is 5.72. The molecule has 4 aromatic carbocycles. The average Bonchev–Trinajstić information content (AvgIpc) is 2.85. The van der Waals surface area contributed by atoms with E-state index in [0.717, 1.165) is 41.9 Å². The van der Waals surface area contributed by atoms with Gasteiger partial charge in [0.25, 0.3) is 0 Å². The van der Waals surface area contributed by atoms with Crippen LogP contribution in [0.15, 0.2) is 97.1 Å². The molecule has 0 unspecified atom stereocenters. The SMILES string of the molecule is Cc1ccc(N(c2ccc(C)cc2)c2ccc(CCc3ccc(OCC=O)cc3)cc2)cc1. The summed E-state index contributed by atoms with van der Waals surface area (Å²) in [7, 11) is 0. The lowest BCUT2D eigenvalue weighted by Gasteiger charge is -2.26. The summed E-state index contributed by atoms with van der Waals surface area (Å²) in [6.45, 7) is 4.31. The van der Waals surface area contributed by atoms with Gasteiger partial charge >= 0.3 is 0 Å². The molecule has 0 aromatic heterocycles. The monoisotopic (exact) mass is 435 g/mol. The number of hydrogen-bond acceptors (Lipinski definition) is 3. The Kier molecular flexibility index (Phi) is 7.21. The molecule has 3 heteroatoms. The summed E-state index contributed by atoms with van der Waals surface area (Å²) in [5.41, 5.74) is 8.49. The molecule has 0 aliphatic rings. The quantitative estimate of drug-likeness (QED) is 0.262. The van der Waals surface area contributed by atoms with Crippen LogP contribution in [0.1, 0.15) is 22.3 Å². The Morgan fingerprint density at radius 2 is 1.00 bits per heavy atom. The number of rotatable bonds is 9. The molecule has 0 fully saturated rings. The summed E-state index contributed by atoms with van der Waals surface area (Å²) in [4.78, 5) is 12.7. The van der Waals surface area contributed by atoms with Gasteiger partial charge in [0, 0.05) is 17.1 Å². The highest BCUT2D eigenvalue weighted by Crippen LogP contribution is 2.34. The maximum Gasteiger partial charge on any atom is 0.157 e. The fourth-order valence-corrected chi connectivity index (χ4v) is 3.82. The van der Waals surface area contributed by atoms with Gasteiger partial charge < -0.3 is 9.64 Å². The molecular formula is C30H29NO2. The van der Waals surface area contributed by atoms with Gasteiger partial charge in [-0.2, -0.15) is 0 Å². The Morgan fingerprint density at radius 1 is 0.606 bits per heavy atom. The summed E-state index contributed by atoms with van der Waals surface area (Å²) >= 11 is 0. The predicted molar refractivity (Wildman–Crippen MR) is 136 cm³/mol. The number of nitrogens with zero attached hydrogens (tertiary/aromatic N) is 1. The second-order valence-corrected chi connectivity index (χ2v) is 8.29. The van der Waals surface area contributed by atoms with Gasteiger partial charge in [-0.05, 0) is 86.3 Å². The van der Waals surface area contributed by atoms with Crippen molar-refractivity contribution < 1.29 is 9.53 Å². The third kappa shape index (κ3) is 5.89. The van der Waals surface area contributed by atoms with Gasteiger partial charge in [-0.3, -0.25) is 4.79 Å². The molecule has 0 spiro atoms. The number of aldehydes is 1. The molecule has 0 bridgehead atoms. The zero-order chi connectivity index (χ0) is 23.0. The third-order valence-corrected chi connectivity index (χ3v) is 5.72. The summed E-state index contributed by atoms with van der Waals surface area (Å²) in [6, 6.07) is 34.1. The highest BCUT2D eigenvalue weighted by molar-refractivity contribution is 5.76. The van der Waals surface area contributed by atoms with Crippen LogP contribution in [0.3, 0.4) is 0 Å². The largest absolute Gasteiger partial charge is 0.486 e. The van der Waals surface area contributed by atoms with Crippen LogP contribution in [0.4, 0.5) is 17.1 Å². The van der Waals surface area contributed by atoms with Crippen LogP contribution in [0.2, 0.25) is 0 Å². The number of carbonyl (C=O) groups excluding carboxylic acids is 1. The van der Waals surface area contributed by atoms with E-state index >= 15 is 0 Å². The minimum Gasteiger partial charge on any atom is -0.486 e. The van der Waals surface area contributed by atoms with Crippen LogP contribution < -0.4 is 9.64 Å². The van der Waals surface area contributed by atoms with Crippen molar-refractivity contribution in [1.82, 2.24) is 0 Å². The zero-order valence-electron chi connectivity index (χ0n) is 19.2. The van der Waals surface area contributed by atoms with Crippen LogP contribution in [-0.2, 0) is 17.6 Å². The zero-order valence-corrected chi connectivity index (χ0v) is 19.2. The molecule has 33 heavy (non-hydrogen) atoms. The molecule has 0 heterocycles. The number of ether oxygens (including phenoxy) is 1. The first-order chi connectivity index (χ1) is 16.1. The van der Waals surface area contributed by atoms with Crippen LogP contribution in [0.5, 0.6) is 5.75 Å². The average molecular weight is 436 g/mol. The molecule has 0 aliphatic carbocycles. The molecular weight excluding hydrogens is 406 g/mol. The summed E-state index contributed by atoms with van der Waals surface area (Å²) in [6.07, 6.45) is 2.67. The molecule has 166 valence electrons. The Labute approximate surface area is 196 Å². The maximum atomic E-state index is 10.4. The molecule has 0 atom stereocenters. The molecule has 0 saturated heterocycles. The van der Waals surface area contributed by atoms with Crippen LogP contribution in [0, 0.1) is 13.8 Å². The lowest BCUT2D eigenvalue weighted by molar-refractivity contribution is -0.109. The summed E-state index contributed by atoms with van der Waals surface area (Å²) < 4.78 is 5.32. The second-order valence-electron chi connectivity index (χ2n) is 8.29. The van der Waals surface area contributed by atoms with Crippen molar-refractivity contribution in [2.75, 3.05) is 11.5 Å². The number of carbonyl (C=O) groups is 1. The smallest absolute Gasteiger partial charge is 0.157 e. The fourth-order valence-electron chi connectivity index (χ4n) is 3.82. The molecule has 3 nitrogen and oxygen atoms in total. The molecule has 0 saturated carbocycles. The summed E-state index contributed by atoms with van der Waals surface area (Å²) in [5.74, 6) is 0.725. The molecule has 0 amide bonds. The Balaban J connectivity index is 1.49. The number of anilines is 3. The molecule has 0 radical (unpaired) electrons. The van der Waals surface area contributed by atoms with Crippen molar-refractivity contribution in [2.45, 2.75) is 26.7 Å². The fraction of sp³-hybridized carbons (Fsp3) is 0.167. The normalized spacial score (nSPS) is 10.6. The van der Waals surface area contributed by atoms with E-state index in [1.165, 1.54) is 22.3 Å². The van der Waals surface area contributed by atoms with Crippen molar-refractivity contribution >= 4 is 23.3 Å². The van der Waals surface area contributed by atoms with Gasteiger partial charge in [0.1, 0.15) is 12.4 Å². The highest BCUT2D eigenvalue weighted by Gasteiger charge is 2.12. The van der Waals surface area contributed by atoms with Crippen molar-refractivity contribution in [3.63, 3.8) is 0 Å². The van der Waals surface area contributed by atoms with Gasteiger partial charge in [0.2, 0.25) is 0 Å². The Hall–Kier alpha value is -3.85. The van der Waals surface area contributed by atoms with E-state index in [0.29, 0.717) is 0 Å². The van der Waals surface area contributed by atoms with E-state index in [9.17, 15) is 4.79 Å². The van der Waals surface area contributed by atoms with Crippen LogP contribution >= 0.6 is 0 Å². The van der Waals surface area contributed by atoms with E-state index in [-0.39, 0.29) is 6.61 Å². The summed E-state index contributed by atoms with van der Waals surface area (Å²) in [5, 5.41) is 0. The van der Waals surface area contributed by atoms with E-state index in [1.807, 2.05) is 12.1 Å². The lowest BCUT2D eigenvalue weighted by atomic mass is 10.0. The lowest BCUT2D eigenvalue weighted by Crippen LogP contribution is -2.10. The van der Waals surface area contributed by atoms with Crippen LogP contribution in [-0.4, -0.2) is 12.9 Å². The van der Waals surface area contributed by atoms with Crippen molar-refractivity contribution in [3.05, 3.63) is 119 Å². The first kappa shape index (κ1) is 22.3. The van der Waals surface area contributed by atoms with Crippen molar-refractivity contribution in [3.8, 4) is 5.75 Å². The first-order valence-corrected chi connectivity index (χ1v) is 11.3. The standard InChI is InChI=1S/C30H29NO2/c1-23-3-13-27(14-4-23)31(28-15-5-24(2)6-16-28)29-17-9-25(10-18-29)7-8-26-11-19-30(20-12-26)33-22-21-32/h3-6,9-21H,7-8,22H2,1-2H3. The molecule has 4 rings (SSSR count). The van der Waals surface area contributed by atoms with E-state index < -0.39 is 0 Å². The van der Waals surface area contributed by atoms with Gasteiger partial charge in [-0.25, -0.2) is 0 Å². The van der Waals surface area contributed by atoms with Gasteiger partial charge in [0.15, 0.2) is 6.29 Å². The number of aryl methyl sites for hydroxylation is 4. The van der Waals surface area contributed by atoms with E-state index in [2.05, 4.69) is 104 Å². The van der Waals surface area contributed by atoms with Crippen molar-refractivity contribution in [1.29, 1.82) is 0 Å². The molecule has 0 N–H and O–H groups in total. The van der Waals surface area contributed by atoms with Crippen LogP contribution in [0.25, 0.3) is 0 Å². The van der Waals surface area contributed by atoms with E-state index in [1.54, 1.807) is 0 Å². The van der Waals surface area contributed by atoms with Gasteiger partial charge in [0.05, 0.1) is 0 Å². The number of benzene rings is 4. The van der Waals surface area contributed by atoms with Gasteiger partial charge in [-0.1, -0.05) is 59.7 Å². The predicted octanol–water partition coefficient (Wildman–Crippen LogP) is 7.14. The Bertz CT molecular complexity index is 1120. The number of hydrogen-bond donors (Lipinski definition) is 0. The van der Waals surface area contributed by atoms with Gasteiger partial charge in [-0.15, -0.1) is 0 Å². The first-order valence-electron chi connectivity index (χ1n) is 11.3. The topological polar surface area (TPSA) is 29.5 Å². The molecule has 4 aromatic rings. The molecule has 0 aliphatic heterocycles. The maximum absolute atomic E-state index is 10.4. The highest BCUT2D eigenvalue weighted by atomic mass is 16.5. The van der Waals surface area contributed by atoms with E-state index in [4.69, 9.17) is 4.74 Å². The minimum absolute atomic E-state index is 0.0912. The Morgan fingerprint density at radius 3 is 1.42 bits per heavy atom. The second kappa shape index (κ2) is 10.6. The van der Waals surface area contributed by atoms with Crippen molar-refractivity contribution in [2.24, 2.45) is 0 Å². The minimum atomic E-state index is 0.0912.